The zero-order chi connectivity index (χ0) is 13.3. The molecule has 1 heterocycles. The second-order valence-electron chi connectivity index (χ2n) is 4.34. The lowest BCUT2D eigenvalue weighted by Crippen LogP contribution is -2.45. The number of nitrogens with zero attached hydrogens (tertiary/aromatic N) is 1. The van der Waals surface area contributed by atoms with Crippen molar-refractivity contribution >= 4 is 21.6 Å². The van der Waals surface area contributed by atoms with Crippen molar-refractivity contribution in [2.75, 3.05) is 13.1 Å². The van der Waals surface area contributed by atoms with Gasteiger partial charge in [0.05, 0.1) is 0 Å². The minimum Gasteiger partial charge on any atom is -0.327 e. The van der Waals surface area contributed by atoms with Crippen LogP contribution in [0.3, 0.4) is 0 Å². The van der Waals surface area contributed by atoms with Gasteiger partial charge in [-0.2, -0.15) is 4.31 Å². The van der Waals surface area contributed by atoms with Gasteiger partial charge < -0.3 is 5.73 Å². The molecule has 1 aliphatic heterocycles. The van der Waals surface area contributed by atoms with Crippen molar-refractivity contribution < 1.29 is 12.8 Å². The van der Waals surface area contributed by atoms with Crippen molar-refractivity contribution in [1.29, 1.82) is 0 Å². The van der Waals surface area contributed by atoms with E-state index in [2.05, 4.69) is 0 Å². The first-order valence-corrected chi connectivity index (χ1v) is 7.44. The second-order valence-corrected chi connectivity index (χ2v) is 6.68. The van der Waals surface area contributed by atoms with Gasteiger partial charge in [-0.15, -0.1) is 0 Å². The van der Waals surface area contributed by atoms with Crippen LogP contribution in [0.15, 0.2) is 23.1 Å². The molecule has 1 unspecified atom stereocenters. The molecule has 0 spiro atoms. The molecular weight excluding hydrogens is 279 g/mol. The average molecular weight is 293 g/mol. The number of sulfonamides is 1. The number of benzene rings is 1. The lowest BCUT2D eigenvalue weighted by molar-refractivity contribution is 0.315. The molecule has 0 bridgehead atoms. The summed E-state index contributed by atoms with van der Waals surface area (Å²) in [5.74, 6) is -0.793. The Morgan fingerprint density at radius 1 is 1.44 bits per heavy atom. The van der Waals surface area contributed by atoms with Crippen LogP contribution < -0.4 is 5.73 Å². The molecule has 1 aromatic carbocycles. The zero-order valence-electron chi connectivity index (χ0n) is 9.64. The van der Waals surface area contributed by atoms with Crippen LogP contribution in [0.2, 0.25) is 5.02 Å². The van der Waals surface area contributed by atoms with Crippen molar-refractivity contribution in [3.05, 3.63) is 29.0 Å². The van der Waals surface area contributed by atoms with E-state index >= 15 is 0 Å². The van der Waals surface area contributed by atoms with Crippen LogP contribution in [0.1, 0.15) is 12.8 Å². The van der Waals surface area contributed by atoms with Gasteiger partial charge in [0.1, 0.15) is 10.7 Å². The van der Waals surface area contributed by atoms with Crippen molar-refractivity contribution in [1.82, 2.24) is 4.31 Å². The molecule has 18 heavy (non-hydrogen) atoms. The van der Waals surface area contributed by atoms with E-state index in [1.165, 1.54) is 10.4 Å². The fourth-order valence-electron chi connectivity index (χ4n) is 2.01. The van der Waals surface area contributed by atoms with Gasteiger partial charge in [-0.3, -0.25) is 0 Å². The zero-order valence-corrected chi connectivity index (χ0v) is 11.2. The van der Waals surface area contributed by atoms with Gasteiger partial charge in [-0.25, -0.2) is 12.8 Å². The maximum Gasteiger partial charge on any atom is 0.246 e. The van der Waals surface area contributed by atoms with Crippen molar-refractivity contribution in [2.45, 2.75) is 23.8 Å². The summed E-state index contributed by atoms with van der Waals surface area (Å²) < 4.78 is 39.4. The minimum absolute atomic E-state index is 0.191. The Morgan fingerprint density at radius 2 is 2.17 bits per heavy atom. The summed E-state index contributed by atoms with van der Waals surface area (Å²) in [6.45, 7) is 0.580. The van der Waals surface area contributed by atoms with Crippen molar-refractivity contribution in [2.24, 2.45) is 5.73 Å². The van der Waals surface area contributed by atoms with E-state index in [-0.39, 0.29) is 22.5 Å². The van der Waals surface area contributed by atoms with E-state index in [1.807, 2.05) is 0 Å². The molecule has 1 atom stereocenters. The van der Waals surface area contributed by atoms with Crippen LogP contribution >= 0.6 is 11.6 Å². The molecule has 0 saturated carbocycles. The summed E-state index contributed by atoms with van der Waals surface area (Å²) in [6, 6.07) is 3.30. The van der Waals surface area contributed by atoms with Crippen LogP contribution in [0.25, 0.3) is 0 Å². The molecule has 1 fully saturated rings. The van der Waals surface area contributed by atoms with E-state index in [0.29, 0.717) is 13.0 Å². The Bertz CT molecular complexity index is 550. The van der Waals surface area contributed by atoms with Crippen molar-refractivity contribution in [3.63, 3.8) is 0 Å². The number of nitrogens with two attached hydrogens (primary N) is 1. The van der Waals surface area contributed by atoms with E-state index in [9.17, 15) is 12.8 Å². The Kier molecular flexibility index (Phi) is 3.91. The molecule has 1 aliphatic rings. The maximum atomic E-state index is 13.6. The fourth-order valence-corrected chi connectivity index (χ4v) is 3.87. The quantitative estimate of drug-likeness (QED) is 0.900. The smallest absolute Gasteiger partial charge is 0.246 e. The van der Waals surface area contributed by atoms with Gasteiger partial charge in [-0.1, -0.05) is 11.6 Å². The van der Waals surface area contributed by atoms with Crippen LogP contribution in [0.5, 0.6) is 0 Å². The first-order valence-electron chi connectivity index (χ1n) is 5.62. The summed E-state index contributed by atoms with van der Waals surface area (Å²) in [7, 11) is -3.85. The third-order valence-corrected chi connectivity index (χ3v) is 5.05. The highest BCUT2D eigenvalue weighted by Crippen LogP contribution is 2.25. The van der Waals surface area contributed by atoms with Crippen LogP contribution in [-0.2, 0) is 10.0 Å². The van der Waals surface area contributed by atoms with Gasteiger partial charge in [0.2, 0.25) is 10.0 Å². The largest absolute Gasteiger partial charge is 0.327 e. The summed E-state index contributed by atoms with van der Waals surface area (Å²) in [6.07, 6.45) is 1.46. The van der Waals surface area contributed by atoms with Crippen LogP contribution in [0, 0.1) is 5.82 Å². The van der Waals surface area contributed by atoms with Gasteiger partial charge in [0.15, 0.2) is 0 Å². The molecule has 0 aliphatic carbocycles. The Labute approximate surface area is 111 Å². The first-order chi connectivity index (χ1) is 8.41. The Balaban J connectivity index is 2.38. The average Bonchev–Trinajstić information content (AvgIpc) is 2.32. The van der Waals surface area contributed by atoms with Gasteiger partial charge in [-0.05, 0) is 31.0 Å². The third-order valence-electron chi connectivity index (χ3n) is 2.93. The molecule has 4 nitrogen and oxygen atoms in total. The van der Waals surface area contributed by atoms with E-state index in [1.54, 1.807) is 0 Å². The molecule has 1 saturated heterocycles. The predicted molar refractivity (Wildman–Crippen MR) is 67.4 cm³/mol. The number of rotatable bonds is 2. The lowest BCUT2D eigenvalue weighted by Gasteiger charge is -2.29. The topological polar surface area (TPSA) is 63.4 Å². The SMILES string of the molecule is NC1CCCN(S(=O)(=O)c2cc(Cl)ccc2F)C1. The highest BCUT2D eigenvalue weighted by Gasteiger charge is 2.31. The fraction of sp³-hybridized carbons (Fsp3) is 0.455. The lowest BCUT2D eigenvalue weighted by atomic mass is 10.1. The predicted octanol–water partition coefficient (Wildman–Crippen LogP) is 1.59. The molecule has 1 aromatic rings. The van der Waals surface area contributed by atoms with E-state index in [4.69, 9.17) is 17.3 Å². The first kappa shape index (κ1) is 13.7. The highest BCUT2D eigenvalue weighted by molar-refractivity contribution is 7.89. The Morgan fingerprint density at radius 3 is 2.83 bits per heavy atom. The summed E-state index contributed by atoms with van der Waals surface area (Å²) >= 11 is 5.72. The maximum absolute atomic E-state index is 13.6. The standard InChI is InChI=1S/C11H14ClFN2O2S/c12-8-3-4-10(13)11(6-8)18(16,17)15-5-1-2-9(14)7-15/h3-4,6,9H,1-2,5,7,14H2. The monoisotopic (exact) mass is 292 g/mol. The second kappa shape index (κ2) is 5.13. The third kappa shape index (κ3) is 2.66. The number of hydrogen-bond acceptors (Lipinski definition) is 3. The van der Waals surface area contributed by atoms with Gasteiger partial charge in [0.25, 0.3) is 0 Å². The molecule has 0 aromatic heterocycles. The van der Waals surface area contributed by atoms with E-state index in [0.717, 1.165) is 18.6 Å². The summed E-state index contributed by atoms with van der Waals surface area (Å²) in [5.41, 5.74) is 5.74. The minimum atomic E-state index is -3.85. The molecule has 2 N–H and O–H groups in total. The molecule has 0 radical (unpaired) electrons. The molecular formula is C11H14ClFN2O2S. The summed E-state index contributed by atoms with van der Waals surface area (Å²) in [4.78, 5) is -0.385. The van der Waals surface area contributed by atoms with Gasteiger partial charge in [0, 0.05) is 24.2 Å². The van der Waals surface area contributed by atoms with Crippen molar-refractivity contribution in [3.8, 4) is 0 Å². The van der Waals surface area contributed by atoms with Crippen LogP contribution in [0.4, 0.5) is 4.39 Å². The number of piperidine rings is 1. The molecule has 7 heteroatoms. The summed E-state index contributed by atoms with van der Waals surface area (Å²) in [5, 5.41) is 0.191. The Hall–Kier alpha value is -0.690. The van der Waals surface area contributed by atoms with E-state index < -0.39 is 15.8 Å². The number of hydrogen-bond donors (Lipinski definition) is 1. The van der Waals surface area contributed by atoms with Gasteiger partial charge >= 0.3 is 0 Å². The van der Waals surface area contributed by atoms with Crippen LogP contribution in [-0.4, -0.2) is 31.9 Å². The molecule has 2 rings (SSSR count). The molecule has 0 amide bonds. The molecule has 100 valence electrons. The number of halogens is 2. The highest BCUT2D eigenvalue weighted by atomic mass is 35.5. The normalized spacial score (nSPS) is 22.1.